The van der Waals surface area contributed by atoms with E-state index in [0.717, 1.165) is 10.6 Å². The fourth-order valence-electron chi connectivity index (χ4n) is 2.59. The number of hydrogen-bond donors (Lipinski definition) is 2. The van der Waals surface area contributed by atoms with Crippen LogP contribution in [0.4, 0.5) is 15.8 Å². The number of halogens is 2. The molecule has 0 spiro atoms. The van der Waals surface area contributed by atoms with Crippen LogP contribution in [0.3, 0.4) is 0 Å². The minimum atomic E-state index is -0.311. The van der Waals surface area contributed by atoms with Gasteiger partial charge in [0.05, 0.1) is 21.4 Å². The normalized spacial score (nSPS) is 10.6. The van der Waals surface area contributed by atoms with Crippen molar-refractivity contribution in [2.45, 2.75) is 20.3 Å². The average molecular weight is 418 g/mol. The van der Waals surface area contributed by atoms with E-state index in [4.69, 9.17) is 11.6 Å². The van der Waals surface area contributed by atoms with Crippen molar-refractivity contribution in [2.75, 3.05) is 10.6 Å². The van der Waals surface area contributed by atoms with E-state index in [1.807, 2.05) is 0 Å². The molecule has 0 fully saturated rings. The van der Waals surface area contributed by atoms with E-state index in [0.29, 0.717) is 33.4 Å². The van der Waals surface area contributed by atoms with Crippen LogP contribution < -0.4 is 10.6 Å². The van der Waals surface area contributed by atoms with E-state index in [1.54, 1.807) is 37.3 Å². The van der Waals surface area contributed by atoms with Crippen LogP contribution in [0.25, 0.3) is 0 Å². The highest BCUT2D eigenvalue weighted by atomic mass is 35.5. The molecule has 0 unspecified atom stereocenters. The highest BCUT2D eigenvalue weighted by molar-refractivity contribution is 7.14. The summed E-state index contributed by atoms with van der Waals surface area (Å²) in [4.78, 5) is 28.7. The van der Waals surface area contributed by atoms with Gasteiger partial charge in [0, 0.05) is 19.0 Å². The molecule has 144 valence electrons. The zero-order chi connectivity index (χ0) is 20.3. The Kier molecular flexibility index (Phi) is 6.06. The third-order valence-electron chi connectivity index (χ3n) is 3.85. The number of benzene rings is 2. The first-order chi connectivity index (χ1) is 13.3. The molecule has 2 aromatic carbocycles. The standard InChI is InChI=1S/C20H17ClFN3O2S/c1-11-19(28-18(23-11)9-13-3-5-14(22)6-4-13)20(27)25-17-8-7-15(10-16(17)21)24-12(2)26/h3-8,10H,9H2,1-2H3,(H,24,26)(H,25,27). The Bertz CT molecular complexity index is 1030. The number of aromatic nitrogens is 1. The molecule has 0 aliphatic carbocycles. The lowest BCUT2D eigenvalue weighted by Crippen LogP contribution is -2.12. The number of rotatable bonds is 5. The van der Waals surface area contributed by atoms with Crippen molar-refractivity contribution < 1.29 is 14.0 Å². The molecular weight excluding hydrogens is 401 g/mol. The van der Waals surface area contributed by atoms with Crippen LogP contribution in [0.15, 0.2) is 42.5 Å². The first-order valence-electron chi connectivity index (χ1n) is 8.41. The molecule has 0 aliphatic rings. The molecule has 1 aromatic heterocycles. The Hall–Kier alpha value is -2.77. The number of hydrogen-bond acceptors (Lipinski definition) is 4. The number of amides is 2. The maximum atomic E-state index is 13.0. The molecule has 2 N–H and O–H groups in total. The molecule has 5 nitrogen and oxygen atoms in total. The van der Waals surface area contributed by atoms with Crippen molar-refractivity contribution >= 4 is 46.1 Å². The minimum Gasteiger partial charge on any atom is -0.326 e. The van der Waals surface area contributed by atoms with Gasteiger partial charge in [-0.25, -0.2) is 9.37 Å². The van der Waals surface area contributed by atoms with Crippen molar-refractivity contribution in [2.24, 2.45) is 0 Å². The van der Waals surface area contributed by atoms with Gasteiger partial charge < -0.3 is 10.6 Å². The van der Waals surface area contributed by atoms with Gasteiger partial charge in [0.1, 0.15) is 10.7 Å². The third kappa shape index (κ3) is 4.94. The molecule has 3 aromatic rings. The Balaban J connectivity index is 1.73. The monoisotopic (exact) mass is 417 g/mol. The SMILES string of the molecule is CC(=O)Nc1ccc(NC(=O)c2sc(Cc3ccc(F)cc3)nc2C)c(Cl)c1. The lowest BCUT2D eigenvalue weighted by atomic mass is 10.1. The molecule has 0 saturated carbocycles. The average Bonchev–Trinajstić information content (AvgIpc) is 2.99. The van der Waals surface area contributed by atoms with Gasteiger partial charge in [-0.1, -0.05) is 23.7 Å². The van der Waals surface area contributed by atoms with Gasteiger partial charge in [-0.15, -0.1) is 11.3 Å². The molecule has 0 saturated heterocycles. The molecule has 0 aliphatic heterocycles. The minimum absolute atomic E-state index is 0.207. The number of thiazole rings is 1. The Labute approximate surface area is 170 Å². The van der Waals surface area contributed by atoms with Crippen molar-refractivity contribution in [3.8, 4) is 0 Å². The van der Waals surface area contributed by atoms with E-state index in [9.17, 15) is 14.0 Å². The largest absolute Gasteiger partial charge is 0.326 e. The Morgan fingerprint density at radius 1 is 1.14 bits per heavy atom. The topological polar surface area (TPSA) is 71.1 Å². The summed E-state index contributed by atoms with van der Waals surface area (Å²) >= 11 is 7.49. The van der Waals surface area contributed by atoms with Crippen LogP contribution in [0.5, 0.6) is 0 Å². The van der Waals surface area contributed by atoms with Crippen molar-refractivity contribution in [1.82, 2.24) is 4.98 Å². The maximum absolute atomic E-state index is 13.0. The van der Waals surface area contributed by atoms with Crippen LogP contribution in [-0.4, -0.2) is 16.8 Å². The maximum Gasteiger partial charge on any atom is 0.267 e. The summed E-state index contributed by atoms with van der Waals surface area (Å²) in [5, 5.41) is 6.48. The Morgan fingerprint density at radius 2 is 1.86 bits per heavy atom. The van der Waals surface area contributed by atoms with Gasteiger partial charge >= 0.3 is 0 Å². The van der Waals surface area contributed by atoms with Crippen LogP contribution in [0, 0.1) is 12.7 Å². The van der Waals surface area contributed by atoms with Gasteiger partial charge in [-0.05, 0) is 42.8 Å². The number of carbonyl (C=O) groups is 2. The lowest BCUT2D eigenvalue weighted by molar-refractivity contribution is -0.114. The highest BCUT2D eigenvalue weighted by Gasteiger charge is 2.17. The van der Waals surface area contributed by atoms with E-state index in [-0.39, 0.29) is 17.6 Å². The van der Waals surface area contributed by atoms with E-state index >= 15 is 0 Å². The number of aryl methyl sites for hydroxylation is 1. The number of carbonyl (C=O) groups excluding carboxylic acids is 2. The van der Waals surface area contributed by atoms with Gasteiger partial charge in [0.25, 0.3) is 5.91 Å². The molecule has 8 heteroatoms. The van der Waals surface area contributed by atoms with Gasteiger partial charge in [-0.2, -0.15) is 0 Å². The van der Waals surface area contributed by atoms with Crippen molar-refractivity contribution in [3.63, 3.8) is 0 Å². The highest BCUT2D eigenvalue weighted by Crippen LogP contribution is 2.28. The smallest absolute Gasteiger partial charge is 0.267 e. The number of nitrogens with zero attached hydrogens (tertiary/aromatic N) is 1. The van der Waals surface area contributed by atoms with E-state index < -0.39 is 0 Å². The fourth-order valence-corrected chi connectivity index (χ4v) is 3.81. The summed E-state index contributed by atoms with van der Waals surface area (Å²) in [7, 11) is 0. The second kappa shape index (κ2) is 8.50. The molecule has 0 atom stereocenters. The van der Waals surface area contributed by atoms with Gasteiger partial charge in [0.2, 0.25) is 5.91 Å². The van der Waals surface area contributed by atoms with Gasteiger partial charge in [0.15, 0.2) is 0 Å². The molecule has 2 amide bonds. The molecule has 3 rings (SSSR count). The summed E-state index contributed by atoms with van der Waals surface area (Å²) in [6.07, 6.45) is 0.519. The number of anilines is 2. The molecule has 28 heavy (non-hydrogen) atoms. The van der Waals surface area contributed by atoms with Crippen molar-refractivity contribution in [1.29, 1.82) is 0 Å². The first-order valence-corrected chi connectivity index (χ1v) is 9.60. The van der Waals surface area contributed by atoms with Crippen molar-refractivity contribution in [3.05, 3.63) is 74.4 Å². The molecule has 0 bridgehead atoms. The molecule has 0 radical (unpaired) electrons. The zero-order valence-corrected chi connectivity index (χ0v) is 16.7. The summed E-state index contributed by atoms with van der Waals surface area (Å²) in [5.41, 5.74) is 2.52. The quantitative estimate of drug-likeness (QED) is 0.610. The zero-order valence-electron chi connectivity index (χ0n) is 15.2. The molecular formula is C20H17ClFN3O2S. The Morgan fingerprint density at radius 3 is 2.50 bits per heavy atom. The third-order valence-corrected chi connectivity index (χ3v) is 5.32. The number of nitrogens with one attached hydrogen (secondary N) is 2. The van der Waals surface area contributed by atoms with Crippen LogP contribution in [0.1, 0.15) is 32.9 Å². The second-order valence-corrected chi connectivity index (χ2v) is 7.65. The predicted octanol–water partition coefficient (Wildman–Crippen LogP) is 5.05. The lowest BCUT2D eigenvalue weighted by Gasteiger charge is -2.09. The predicted molar refractivity (Wildman–Crippen MR) is 110 cm³/mol. The van der Waals surface area contributed by atoms with E-state index in [2.05, 4.69) is 15.6 Å². The first kappa shape index (κ1) is 20.0. The van der Waals surface area contributed by atoms with Crippen LogP contribution in [0.2, 0.25) is 5.02 Å². The second-order valence-electron chi connectivity index (χ2n) is 6.16. The van der Waals surface area contributed by atoms with E-state index in [1.165, 1.54) is 30.4 Å². The fraction of sp³-hybridized carbons (Fsp3) is 0.150. The summed E-state index contributed by atoms with van der Waals surface area (Å²) in [6, 6.07) is 11.0. The molecule has 1 heterocycles. The summed E-state index contributed by atoms with van der Waals surface area (Å²) in [6.45, 7) is 3.17. The summed E-state index contributed by atoms with van der Waals surface area (Å²) in [5.74, 6) is -0.808. The summed E-state index contributed by atoms with van der Waals surface area (Å²) < 4.78 is 13.0. The van der Waals surface area contributed by atoms with Crippen LogP contribution in [-0.2, 0) is 11.2 Å². The van der Waals surface area contributed by atoms with Crippen LogP contribution >= 0.6 is 22.9 Å². The van der Waals surface area contributed by atoms with Gasteiger partial charge in [-0.3, -0.25) is 9.59 Å².